The van der Waals surface area contributed by atoms with E-state index in [-0.39, 0.29) is 0 Å². The SMILES string of the molecule is COCCN(CCOC)Cc1c[nH]c(=S)c(C#N)c1. The van der Waals surface area contributed by atoms with Crippen LogP contribution in [0.15, 0.2) is 12.3 Å². The van der Waals surface area contributed by atoms with Gasteiger partial charge in [-0.2, -0.15) is 5.26 Å². The monoisotopic (exact) mass is 281 g/mol. The quantitative estimate of drug-likeness (QED) is 0.735. The normalized spacial score (nSPS) is 10.6. The van der Waals surface area contributed by atoms with E-state index in [1.165, 1.54) is 0 Å². The Balaban J connectivity index is 2.71. The van der Waals surface area contributed by atoms with E-state index in [1.54, 1.807) is 14.2 Å². The van der Waals surface area contributed by atoms with Crippen LogP contribution in [0.2, 0.25) is 0 Å². The molecular formula is C13H19N3O2S. The van der Waals surface area contributed by atoms with Gasteiger partial charge in [-0.25, -0.2) is 0 Å². The fourth-order valence-electron chi connectivity index (χ4n) is 1.67. The highest BCUT2D eigenvalue weighted by Crippen LogP contribution is 2.07. The van der Waals surface area contributed by atoms with Crippen molar-refractivity contribution in [2.75, 3.05) is 40.5 Å². The topological polar surface area (TPSA) is 61.3 Å². The van der Waals surface area contributed by atoms with Crippen LogP contribution in [0.3, 0.4) is 0 Å². The third kappa shape index (κ3) is 5.49. The van der Waals surface area contributed by atoms with Crippen molar-refractivity contribution in [1.82, 2.24) is 9.88 Å². The van der Waals surface area contributed by atoms with Crippen LogP contribution in [-0.4, -0.2) is 50.4 Å². The predicted octanol–water partition coefficient (Wildman–Crippen LogP) is 1.71. The zero-order valence-corrected chi connectivity index (χ0v) is 12.1. The van der Waals surface area contributed by atoms with Crippen LogP contribution in [0.5, 0.6) is 0 Å². The van der Waals surface area contributed by atoms with E-state index in [2.05, 4.69) is 16.0 Å². The minimum atomic E-state index is 0.478. The van der Waals surface area contributed by atoms with Gasteiger partial charge in [-0.05, 0) is 11.6 Å². The highest BCUT2D eigenvalue weighted by molar-refractivity contribution is 7.71. The van der Waals surface area contributed by atoms with Crippen molar-refractivity contribution in [2.24, 2.45) is 0 Å². The van der Waals surface area contributed by atoms with Crippen LogP contribution in [0.1, 0.15) is 11.1 Å². The van der Waals surface area contributed by atoms with E-state index >= 15 is 0 Å². The summed E-state index contributed by atoms with van der Waals surface area (Å²) in [5, 5.41) is 8.97. The molecule has 1 heterocycles. The van der Waals surface area contributed by atoms with E-state index in [9.17, 15) is 0 Å². The minimum Gasteiger partial charge on any atom is -0.383 e. The summed E-state index contributed by atoms with van der Waals surface area (Å²) in [6.07, 6.45) is 1.84. The zero-order valence-electron chi connectivity index (χ0n) is 11.3. The first-order valence-corrected chi connectivity index (χ1v) is 6.44. The first-order valence-electron chi connectivity index (χ1n) is 6.03. The number of nitrogens with one attached hydrogen (secondary N) is 1. The van der Waals surface area contributed by atoms with Gasteiger partial charge in [0.1, 0.15) is 10.7 Å². The second-order valence-electron chi connectivity index (χ2n) is 4.12. The molecule has 0 aromatic carbocycles. The van der Waals surface area contributed by atoms with Gasteiger partial charge in [0.25, 0.3) is 0 Å². The Morgan fingerprint density at radius 3 is 2.47 bits per heavy atom. The van der Waals surface area contributed by atoms with Gasteiger partial charge >= 0.3 is 0 Å². The number of ether oxygens (including phenoxy) is 2. The van der Waals surface area contributed by atoms with Crippen LogP contribution in [0.4, 0.5) is 0 Å². The summed E-state index contributed by atoms with van der Waals surface area (Å²) in [5.74, 6) is 0. The molecule has 0 unspecified atom stereocenters. The maximum atomic E-state index is 8.97. The molecule has 0 spiro atoms. The van der Waals surface area contributed by atoms with Gasteiger partial charge in [-0.15, -0.1) is 0 Å². The number of nitriles is 1. The Labute approximate surface area is 118 Å². The van der Waals surface area contributed by atoms with E-state index in [0.29, 0.717) is 23.4 Å². The molecule has 5 nitrogen and oxygen atoms in total. The fourth-order valence-corrected chi connectivity index (χ4v) is 1.84. The van der Waals surface area contributed by atoms with Gasteiger partial charge in [-0.1, -0.05) is 12.2 Å². The Bertz CT molecular complexity index is 474. The molecule has 0 aliphatic rings. The summed E-state index contributed by atoms with van der Waals surface area (Å²) in [5.41, 5.74) is 1.53. The summed E-state index contributed by atoms with van der Waals surface area (Å²) in [6.45, 7) is 3.69. The van der Waals surface area contributed by atoms with Crippen LogP contribution in [-0.2, 0) is 16.0 Å². The highest BCUT2D eigenvalue weighted by Gasteiger charge is 2.07. The van der Waals surface area contributed by atoms with Crippen molar-refractivity contribution in [1.29, 1.82) is 5.26 Å². The first-order chi connectivity index (χ1) is 9.21. The molecule has 0 saturated carbocycles. The largest absolute Gasteiger partial charge is 0.383 e. The molecule has 0 bridgehead atoms. The van der Waals surface area contributed by atoms with Crippen molar-refractivity contribution in [3.63, 3.8) is 0 Å². The molecule has 0 fully saturated rings. The molecule has 0 aliphatic heterocycles. The lowest BCUT2D eigenvalue weighted by Gasteiger charge is -2.21. The van der Waals surface area contributed by atoms with E-state index in [1.807, 2.05) is 12.3 Å². The molecule has 0 aliphatic carbocycles. The maximum absolute atomic E-state index is 8.97. The van der Waals surface area contributed by atoms with Gasteiger partial charge in [0.05, 0.1) is 18.8 Å². The summed E-state index contributed by atoms with van der Waals surface area (Å²) in [7, 11) is 3.37. The molecule has 0 saturated heterocycles. The second kappa shape index (κ2) is 8.77. The Hall–Kier alpha value is -1.26. The number of rotatable bonds is 8. The zero-order chi connectivity index (χ0) is 14.1. The molecular weight excluding hydrogens is 262 g/mol. The maximum Gasteiger partial charge on any atom is 0.121 e. The van der Waals surface area contributed by atoms with Gasteiger partial charge in [0.15, 0.2) is 0 Å². The molecule has 1 rings (SSSR count). The second-order valence-corrected chi connectivity index (χ2v) is 4.53. The van der Waals surface area contributed by atoms with Crippen LogP contribution in [0, 0.1) is 16.0 Å². The predicted molar refractivity (Wildman–Crippen MR) is 75.4 cm³/mol. The Kier molecular flexibility index (Phi) is 7.30. The van der Waals surface area contributed by atoms with Crippen LogP contribution < -0.4 is 0 Å². The lowest BCUT2D eigenvalue weighted by molar-refractivity contribution is 0.110. The van der Waals surface area contributed by atoms with E-state index in [4.69, 9.17) is 27.0 Å². The van der Waals surface area contributed by atoms with Gasteiger partial charge in [-0.3, -0.25) is 4.90 Å². The molecule has 1 N–H and O–H groups in total. The number of aromatic nitrogens is 1. The smallest absolute Gasteiger partial charge is 0.121 e. The van der Waals surface area contributed by atoms with E-state index in [0.717, 1.165) is 25.2 Å². The summed E-state index contributed by atoms with van der Waals surface area (Å²) in [6, 6.07) is 3.92. The summed E-state index contributed by atoms with van der Waals surface area (Å²) >= 11 is 5.03. The number of H-pyrrole nitrogens is 1. The molecule has 19 heavy (non-hydrogen) atoms. The van der Waals surface area contributed by atoms with Crippen molar-refractivity contribution in [2.45, 2.75) is 6.54 Å². The standard InChI is InChI=1S/C13H19N3O2S/c1-17-5-3-16(4-6-18-2)10-11-7-12(8-14)13(19)15-9-11/h7,9H,3-6,10H2,1-2H3,(H,15,19). The van der Waals surface area contributed by atoms with Crippen molar-refractivity contribution in [3.8, 4) is 6.07 Å². The Morgan fingerprint density at radius 2 is 1.95 bits per heavy atom. The number of hydrogen-bond donors (Lipinski definition) is 1. The minimum absolute atomic E-state index is 0.478. The van der Waals surface area contributed by atoms with Crippen LogP contribution >= 0.6 is 12.2 Å². The van der Waals surface area contributed by atoms with Crippen molar-refractivity contribution in [3.05, 3.63) is 28.0 Å². The number of aromatic amines is 1. The lowest BCUT2D eigenvalue weighted by atomic mass is 10.2. The van der Waals surface area contributed by atoms with Crippen LogP contribution in [0.25, 0.3) is 0 Å². The van der Waals surface area contributed by atoms with Gasteiger partial charge in [0.2, 0.25) is 0 Å². The Morgan fingerprint density at radius 1 is 1.32 bits per heavy atom. The average molecular weight is 281 g/mol. The lowest BCUT2D eigenvalue weighted by Crippen LogP contribution is -2.30. The average Bonchev–Trinajstić information content (AvgIpc) is 2.43. The number of methoxy groups -OCH3 is 2. The number of pyridine rings is 1. The molecule has 0 radical (unpaired) electrons. The summed E-state index contributed by atoms with van der Waals surface area (Å²) in [4.78, 5) is 5.15. The molecule has 1 aromatic heterocycles. The molecule has 0 amide bonds. The number of hydrogen-bond acceptors (Lipinski definition) is 5. The third-order valence-electron chi connectivity index (χ3n) is 2.71. The first kappa shape index (κ1) is 15.8. The molecule has 6 heteroatoms. The highest BCUT2D eigenvalue weighted by atomic mass is 32.1. The molecule has 1 aromatic rings. The number of nitrogens with zero attached hydrogens (tertiary/aromatic N) is 2. The van der Waals surface area contributed by atoms with Crippen molar-refractivity contribution < 1.29 is 9.47 Å². The van der Waals surface area contributed by atoms with E-state index < -0.39 is 0 Å². The fraction of sp³-hybridized carbons (Fsp3) is 0.538. The van der Waals surface area contributed by atoms with Gasteiger partial charge in [0, 0.05) is 40.1 Å². The van der Waals surface area contributed by atoms with Crippen molar-refractivity contribution >= 4 is 12.2 Å². The molecule has 104 valence electrons. The van der Waals surface area contributed by atoms with Gasteiger partial charge < -0.3 is 14.5 Å². The summed E-state index contributed by atoms with van der Waals surface area (Å²) < 4.78 is 10.7. The molecule has 0 atom stereocenters. The third-order valence-corrected chi connectivity index (χ3v) is 3.05.